The molecular formula is C22H18N2O2. The van der Waals surface area contributed by atoms with E-state index < -0.39 is 0 Å². The van der Waals surface area contributed by atoms with E-state index in [1.807, 2.05) is 60.7 Å². The number of hydrogen-bond donors (Lipinski definition) is 2. The molecule has 0 bridgehead atoms. The van der Waals surface area contributed by atoms with Gasteiger partial charge in [0.25, 0.3) is 0 Å². The molecule has 1 aliphatic rings. The summed E-state index contributed by atoms with van der Waals surface area (Å²) in [6, 6.07) is 18.5. The molecule has 2 N–H and O–H groups in total. The number of allylic oxidation sites excluding steroid dienone is 4. The van der Waals surface area contributed by atoms with E-state index >= 15 is 0 Å². The molecule has 0 radical (unpaired) electrons. The smallest absolute Gasteiger partial charge is 0.124 e. The monoisotopic (exact) mass is 342 g/mol. The fraction of sp³-hybridized carbons (Fsp3) is 0.0909. The Morgan fingerprint density at radius 3 is 2.08 bits per heavy atom. The Balaban J connectivity index is 1.75. The first-order valence-electron chi connectivity index (χ1n) is 8.54. The van der Waals surface area contributed by atoms with E-state index in [4.69, 9.17) is 0 Å². The average molecular weight is 342 g/mol. The Morgan fingerprint density at radius 2 is 1.35 bits per heavy atom. The molecule has 3 aromatic rings. The minimum Gasteiger partial charge on any atom is -0.512 e. The predicted molar refractivity (Wildman–Crippen MR) is 102 cm³/mol. The molecule has 0 unspecified atom stereocenters. The second-order valence-corrected chi connectivity index (χ2v) is 6.13. The van der Waals surface area contributed by atoms with Crippen molar-refractivity contribution in [1.29, 1.82) is 0 Å². The zero-order chi connectivity index (χ0) is 17.9. The third-order valence-electron chi connectivity index (χ3n) is 4.36. The second-order valence-electron chi connectivity index (χ2n) is 6.13. The van der Waals surface area contributed by atoms with Crippen LogP contribution in [0.15, 0.2) is 78.6 Å². The third kappa shape index (κ3) is 3.09. The summed E-state index contributed by atoms with van der Waals surface area (Å²) in [7, 11) is 0. The van der Waals surface area contributed by atoms with Crippen LogP contribution in [0.3, 0.4) is 0 Å². The number of aromatic hydroxyl groups is 1. The molecule has 1 aromatic carbocycles. The summed E-state index contributed by atoms with van der Waals surface area (Å²) >= 11 is 0. The van der Waals surface area contributed by atoms with Crippen molar-refractivity contribution >= 4 is 5.57 Å². The first-order valence-corrected chi connectivity index (χ1v) is 8.54. The summed E-state index contributed by atoms with van der Waals surface area (Å²) in [6.45, 7) is 0. The van der Waals surface area contributed by atoms with Crippen molar-refractivity contribution in [2.24, 2.45) is 0 Å². The number of phenols is 1. The average Bonchev–Trinajstić information content (AvgIpc) is 2.69. The molecule has 128 valence electrons. The summed E-state index contributed by atoms with van der Waals surface area (Å²) in [4.78, 5) is 9.34. The van der Waals surface area contributed by atoms with Crippen LogP contribution in [-0.4, -0.2) is 20.2 Å². The number of rotatable bonds is 3. The molecule has 0 amide bonds. The van der Waals surface area contributed by atoms with Gasteiger partial charge in [-0.15, -0.1) is 0 Å². The number of phenolic OH excluding ortho intramolecular Hbond substituents is 1. The number of pyridine rings is 2. The van der Waals surface area contributed by atoms with Gasteiger partial charge in [-0.05, 0) is 42.8 Å². The van der Waals surface area contributed by atoms with Crippen LogP contribution in [0.5, 0.6) is 5.75 Å². The summed E-state index contributed by atoms with van der Waals surface area (Å²) in [5, 5.41) is 20.2. The zero-order valence-electron chi connectivity index (χ0n) is 14.1. The first kappa shape index (κ1) is 16.1. The van der Waals surface area contributed by atoms with Crippen LogP contribution in [0.25, 0.3) is 28.2 Å². The first-order chi connectivity index (χ1) is 12.7. The highest BCUT2D eigenvalue weighted by Crippen LogP contribution is 2.30. The molecule has 2 aromatic heterocycles. The molecule has 0 spiro atoms. The van der Waals surface area contributed by atoms with E-state index in [-0.39, 0.29) is 5.75 Å². The lowest BCUT2D eigenvalue weighted by Crippen LogP contribution is -1.98. The molecule has 2 heterocycles. The number of para-hydroxylation sites is 1. The maximum atomic E-state index is 10.2. The van der Waals surface area contributed by atoms with Gasteiger partial charge < -0.3 is 10.2 Å². The standard InChI is InChI=1S/C22H18N2O2/c25-21-13-3-1-7-15(21)17-9-5-11-19(23-17)20-12-6-10-18(24-20)16-8-2-4-14-22(16)26/h1-3,5-13,25-26H,4,14H2. The van der Waals surface area contributed by atoms with E-state index in [1.54, 1.807) is 12.1 Å². The molecule has 0 atom stereocenters. The Bertz CT molecular complexity index is 1020. The van der Waals surface area contributed by atoms with Gasteiger partial charge in [0.05, 0.1) is 22.8 Å². The van der Waals surface area contributed by atoms with Crippen LogP contribution in [-0.2, 0) is 0 Å². The SMILES string of the molecule is OC1=C(c2cccc(-c3cccc(-c4ccccc4O)n3)n2)C=CCC1. The molecule has 0 fully saturated rings. The highest BCUT2D eigenvalue weighted by molar-refractivity contribution is 5.76. The molecule has 0 aliphatic heterocycles. The molecule has 0 saturated heterocycles. The number of aliphatic hydroxyl groups excluding tert-OH is 1. The van der Waals surface area contributed by atoms with Gasteiger partial charge in [0, 0.05) is 17.6 Å². The second kappa shape index (κ2) is 6.84. The Labute approximate surface area is 151 Å². The van der Waals surface area contributed by atoms with Gasteiger partial charge in [0.15, 0.2) is 0 Å². The van der Waals surface area contributed by atoms with Crippen molar-refractivity contribution in [3.8, 4) is 28.4 Å². The summed E-state index contributed by atoms with van der Waals surface area (Å²) in [5.74, 6) is 0.564. The highest BCUT2D eigenvalue weighted by atomic mass is 16.3. The number of nitrogens with zero attached hydrogens (tertiary/aromatic N) is 2. The van der Waals surface area contributed by atoms with E-state index in [9.17, 15) is 10.2 Å². The molecule has 0 saturated carbocycles. The van der Waals surface area contributed by atoms with Gasteiger partial charge in [-0.25, -0.2) is 9.97 Å². The number of hydrogen-bond acceptors (Lipinski definition) is 4. The number of aliphatic hydroxyl groups is 1. The van der Waals surface area contributed by atoms with E-state index in [0.29, 0.717) is 29.1 Å². The van der Waals surface area contributed by atoms with Crippen LogP contribution < -0.4 is 0 Å². The van der Waals surface area contributed by atoms with Gasteiger partial charge >= 0.3 is 0 Å². The van der Waals surface area contributed by atoms with Crippen molar-refractivity contribution in [2.75, 3.05) is 0 Å². The minimum absolute atomic E-state index is 0.196. The van der Waals surface area contributed by atoms with Gasteiger partial charge in [0.2, 0.25) is 0 Å². The molecule has 4 nitrogen and oxygen atoms in total. The van der Waals surface area contributed by atoms with Gasteiger partial charge in [-0.1, -0.05) is 36.4 Å². The van der Waals surface area contributed by atoms with Gasteiger partial charge in [-0.2, -0.15) is 0 Å². The van der Waals surface area contributed by atoms with E-state index in [0.717, 1.165) is 23.4 Å². The summed E-state index contributed by atoms with van der Waals surface area (Å²) in [6.07, 6.45) is 5.44. The lowest BCUT2D eigenvalue weighted by atomic mass is 10.0. The zero-order valence-corrected chi connectivity index (χ0v) is 14.1. The maximum Gasteiger partial charge on any atom is 0.124 e. The maximum absolute atomic E-state index is 10.2. The van der Waals surface area contributed by atoms with Gasteiger partial charge in [0.1, 0.15) is 11.5 Å². The van der Waals surface area contributed by atoms with Crippen molar-refractivity contribution in [3.63, 3.8) is 0 Å². The topological polar surface area (TPSA) is 66.2 Å². The third-order valence-corrected chi connectivity index (χ3v) is 4.36. The summed E-state index contributed by atoms with van der Waals surface area (Å²) in [5.41, 5.74) is 4.29. The highest BCUT2D eigenvalue weighted by Gasteiger charge is 2.12. The largest absolute Gasteiger partial charge is 0.512 e. The molecular weight excluding hydrogens is 324 g/mol. The van der Waals surface area contributed by atoms with Crippen LogP contribution in [0.4, 0.5) is 0 Å². The fourth-order valence-corrected chi connectivity index (χ4v) is 3.03. The quantitative estimate of drug-likeness (QED) is 0.692. The normalized spacial score (nSPS) is 13.8. The van der Waals surface area contributed by atoms with Crippen LogP contribution in [0.1, 0.15) is 18.5 Å². The molecule has 4 heteroatoms. The number of aromatic nitrogens is 2. The van der Waals surface area contributed by atoms with Crippen molar-refractivity contribution in [2.45, 2.75) is 12.8 Å². The minimum atomic E-state index is 0.196. The molecule has 1 aliphatic carbocycles. The lowest BCUT2D eigenvalue weighted by Gasteiger charge is -2.12. The van der Waals surface area contributed by atoms with Gasteiger partial charge in [-0.3, -0.25) is 0 Å². The lowest BCUT2D eigenvalue weighted by molar-refractivity contribution is 0.391. The summed E-state index contributed by atoms with van der Waals surface area (Å²) < 4.78 is 0. The van der Waals surface area contributed by atoms with E-state index in [2.05, 4.69) is 9.97 Å². The Kier molecular flexibility index (Phi) is 4.23. The molecule has 26 heavy (non-hydrogen) atoms. The van der Waals surface area contributed by atoms with Crippen molar-refractivity contribution < 1.29 is 10.2 Å². The van der Waals surface area contributed by atoms with Crippen LogP contribution in [0, 0.1) is 0 Å². The predicted octanol–water partition coefficient (Wildman–Crippen LogP) is 5.14. The fourth-order valence-electron chi connectivity index (χ4n) is 3.03. The molecule has 4 rings (SSSR count). The Hall–Kier alpha value is -3.40. The van der Waals surface area contributed by atoms with Crippen molar-refractivity contribution in [1.82, 2.24) is 9.97 Å². The van der Waals surface area contributed by atoms with E-state index in [1.165, 1.54) is 0 Å². The Morgan fingerprint density at radius 1 is 0.692 bits per heavy atom. The van der Waals surface area contributed by atoms with Crippen LogP contribution >= 0.6 is 0 Å². The number of benzene rings is 1. The van der Waals surface area contributed by atoms with Crippen LogP contribution in [0.2, 0.25) is 0 Å². The van der Waals surface area contributed by atoms with Crippen molar-refractivity contribution in [3.05, 3.63) is 84.3 Å².